The van der Waals surface area contributed by atoms with Gasteiger partial charge in [0.15, 0.2) is 0 Å². The van der Waals surface area contributed by atoms with Crippen LogP contribution in [0.1, 0.15) is 28.4 Å². The van der Waals surface area contributed by atoms with E-state index in [1.54, 1.807) is 37.3 Å². The van der Waals surface area contributed by atoms with Crippen LogP contribution in [0.4, 0.5) is 4.79 Å². The normalized spacial score (nSPS) is 14.7. The molecule has 10 heteroatoms. The van der Waals surface area contributed by atoms with Crippen molar-refractivity contribution in [2.24, 2.45) is 0 Å². The number of carboxylic acids is 1. The third-order valence-corrected chi connectivity index (χ3v) is 5.49. The fourth-order valence-corrected chi connectivity index (χ4v) is 3.88. The number of nitrogens with zero attached hydrogens (tertiary/aromatic N) is 1. The Balaban J connectivity index is 1.68. The molecule has 0 radical (unpaired) electrons. The number of amides is 2. The van der Waals surface area contributed by atoms with E-state index < -0.39 is 29.6 Å². The summed E-state index contributed by atoms with van der Waals surface area (Å²) in [4.78, 5) is 48.2. The molecule has 0 atom stereocenters. The number of hydrogen-bond donors (Lipinski definition) is 1. The first kappa shape index (κ1) is 23.4. The van der Waals surface area contributed by atoms with Gasteiger partial charge in [-0.2, -0.15) is 0 Å². The number of hydrogen-bond acceptors (Lipinski definition) is 7. The molecule has 32 heavy (non-hydrogen) atoms. The molecule has 0 aliphatic carbocycles. The highest BCUT2D eigenvalue weighted by Crippen LogP contribution is 2.34. The number of halogens is 1. The van der Waals surface area contributed by atoms with Crippen LogP contribution in [0, 0.1) is 0 Å². The summed E-state index contributed by atoms with van der Waals surface area (Å²) in [6, 6.07) is 11.2. The van der Waals surface area contributed by atoms with E-state index in [0.29, 0.717) is 16.9 Å². The minimum absolute atomic E-state index is 0.118. The summed E-state index contributed by atoms with van der Waals surface area (Å²) in [5.41, 5.74) is 1.39. The molecule has 1 saturated heterocycles. The summed E-state index contributed by atoms with van der Waals surface area (Å²) in [6.07, 6.45) is 1.50. The number of thioether (sulfide) groups is 1. The van der Waals surface area contributed by atoms with Crippen molar-refractivity contribution in [3.63, 3.8) is 0 Å². The van der Waals surface area contributed by atoms with Crippen LogP contribution < -0.4 is 4.74 Å². The SMILES string of the molecule is CCOC(=O)CN1C(=O)SC(=Cc2ccc(OCc3cccc(C(=O)O)c3)c(Cl)c2)C1=O. The molecule has 3 rings (SSSR count). The average Bonchev–Trinajstić information content (AvgIpc) is 3.01. The lowest BCUT2D eigenvalue weighted by molar-refractivity contribution is -0.145. The van der Waals surface area contributed by atoms with E-state index in [1.807, 2.05) is 0 Å². The topological polar surface area (TPSA) is 110 Å². The number of ether oxygens (including phenoxy) is 2. The molecule has 2 aromatic rings. The first-order valence-corrected chi connectivity index (χ1v) is 10.6. The molecule has 0 saturated carbocycles. The number of aromatic carboxylic acids is 1. The Hall–Kier alpha value is -3.30. The van der Waals surface area contributed by atoms with Crippen molar-refractivity contribution in [3.05, 3.63) is 69.1 Å². The van der Waals surface area contributed by atoms with Gasteiger partial charge in [0.25, 0.3) is 11.1 Å². The standard InChI is InChI=1S/C22H18ClNO7S/c1-2-30-19(25)11-24-20(26)18(32-22(24)29)10-13-6-7-17(16(23)9-13)31-12-14-4-3-5-15(8-14)21(27)28/h3-10H,2,11-12H2,1H3,(H,27,28). The quantitative estimate of drug-likeness (QED) is 0.446. The van der Waals surface area contributed by atoms with E-state index in [1.165, 1.54) is 18.2 Å². The highest BCUT2D eigenvalue weighted by atomic mass is 35.5. The van der Waals surface area contributed by atoms with Crippen LogP contribution in [0.2, 0.25) is 5.02 Å². The largest absolute Gasteiger partial charge is 0.487 e. The molecule has 2 amide bonds. The minimum atomic E-state index is -1.03. The first-order chi connectivity index (χ1) is 15.3. The maximum Gasteiger partial charge on any atom is 0.335 e. The second-order valence-electron chi connectivity index (χ2n) is 6.56. The van der Waals surface area contributed by atoms with Crippen LogP contribution in [-0.4, -0.2) is 46.2 Å². The van der Waals surface area contributed by atoms with Gasteiger partial charge in [0.2, 0.25) is 0 Å². The number of carboxylic acid groups (broad SMARTS) is 1. The Labute approximate surface area is 192 Å². The Morgan fingerprint density at radius 2 is 1.97 bits per heavy atom. The fourth-order valence-electron chi connectivity index (χ4n) is 2.80. The molecule has 166 valence electrons. The summed E-state index contributed by atoms with van der Waals surface area (Å²) in [7, 11) is 0. The lowest BCUT2D eigenvalue weighted by atomic mass is 10.1. The van der Waals surface area contributed by atoms with E-state index >= 15 is 0 Å². The highest BCUT2D eigenvalue weighted by Gasteiger charge is 2.36. The van der Waals surface area contributed by atoms with Crippen molar-refractivity contribution in [2.45, 2.75) is 13.5 Å². The van der Waals surface area contributed by atoms with Gasteiger partial charge in [-0.1, -0.05) is 29.8 Å². The average molecular weight is 476 g/mol. The Morgan fingerprint density at radius 3 is 2.66 bits per heavy atom. The fraction of sp³-hybridized carbons (Fsp3) is 0.182. The number of esters is 1. The van der Waals surface area contributed by atoms with Gasteiger partial charge in [-0.05, 0) is 60.2 Å². The van der Waals surface area contributed by atoms with Crippen LogP contribution in [-0.2, 0) is 20.9 Å². The van der Waals surface area contributed by atoms with Gasteiger partial charge in [-0.25, -0.2) is 4.79 Å². The third-order valence-electron chi connectivity index (χ3n) is 4.29. The van der Waals surface area contributed by atoms with Gasteiger partial charge >= 0.3 is 11.9 Å². The predicted octanol–water partition coefficient (Wildman–Crippen LogP) is 4.22. The van der Waals surface area contributed by atoms with Crippen LogP contribution in [0.25, 0.3) is 6.08 Å². The lowest BCUT2D eigenvalue weighted by Crippen LogP contribution is -2.34. The maximum atomic E-state index is 12.5. The van der Waals surface area contributed by atoms with Crippen molar-refractivity contribution in [1.82, 2.24) is 4.90 Å². The zero-order chi connectivity index (χ0) is 23.3. The van der Waals surface area contributed by atoms with Gasteiger partial charge in [0.1, 0.15) is 18.9 Å². The van der Waals surface area contributed by atoms with E-state index in [2.05, 4.69) is 0 Å². The predicted molar refractivity (Wildman–Crippen MR) is 118 cm³/mol. The van der Waals surface area contributed by atoms with Crippen molar-refractivity contribution >= 4 is 52.5 Å². The van der Waals surface area contributed by atoms with Crippen molar-refractivity contribution in [3.8, 4) is 5.75 Å². The molecule has 1 heterocycles. The van der Waals surface area contributed by atoms with Crippen LogP contribution in [0.3, 0.4) is 0 Å². The van der Waals surface area contributed by atoms with E-state index in [4.69, 9.17) is 26.2 Å². The van der Waals surface area contributed by atoms with Gasteiger partial charge in [0.05, 0.1) is 22.1 Å². The molecule has 1 fully saturated rings. The lowest BCUT2D eigenvalue weighted by Gasteiger charge is -2.11. The van der Waals surface area contributed by atoms with E-state index in [9.17, 15) is 19.2 Å². The molecule has 0 spiro atoms. The van der Waals surface area contributed by atoms with E-state index in [-0.39, 0.29) is 28.7 Å². The van der Waals surface area contributed by atoms with Crippen LogP contribution in [0.15, 0.2) is 47.4 Å². The van der Waals surface area contributed by atoms with Gasteiger partial charge in [0, 0.05) is 0 Å². The first-order valence-electron chi connectivity index (χ1n) is 9.44. The second kappa shape index (κ2) is 10.3. The number of carbonyl (C=O) groups excluding carboxylic acids is 3. The highest BCUT2D eigenvalue weighted by molar-refractivity contribution is 8.18. The molecule has 8 nitrogen and oxygen atoms in total. The van der Waals surface area contributed by atoms with Crippen LogP contribution >= 0.6 is 23.4 Å². The van der Waals surface area contributed by atoms with Crippen molar-refractivity contribution in [1.29, 1.82) is 0 Å². The van der Waals surface area contributed by atoms with Crippen molar-refractivity contribution in [2.75, 3.05) is 13.2 Å². The molecular formula is C22H18ClNO7S. The summed E-state index contributed by atoms with van der Waals surface area (Å²) >= 11 is 7.01. The molecule has 0 aromatic heterocycles. The molecule has 2 aromatic carbocycles. The molecular weight excluding hydrogens is 458 g/mol. The molecule has 0 unspecified atom stereocenters. The third kappa shape index (κ3) is 5.68. The number of carbonyl (C=O) groups is 4. The smallest absolute Gasteiger partial charge is 0.335 e. The number of benzene rings is 2. The Morgan fingerprint density at radius 1 is 1.19 bits per heavy atom. The number of rotatable bonds is 8. The summed E-state index contributed by atoms with van der Waals surface area (Å²) in [6.45, 7) is 1.47. The molecule has 1 N–H and O–H groups in total. The zero-order valence-corrected chi connectivity index (χ0v) is 18.4. The molecule has 1 aliphatic rings. The number of imide groups is 1. The molecule has 1 aliphatic heterocycles. The molecule has 0 bridgehead atoms. The summed E-state index contributed by atoms with van der Waals surface area (Å²) < 4.78 is 10.5. The van der Waals surface area contributed by atoms with E-state index in [0.717, 1.165) is 16.7 Å². The van der Waals surface area contributed by atoms with Crippen LogP contribution in [0.5, 0.6) is 5.75 Å². The van der Waals surface area contributed by atoms with Gasteiger partial charge < -0.3 is 14.6 Å². The maximum absolute atomic E-state index is 12.5. The van der Waals surface area contributed by atoms with Gasteiger partial charge in [-0.15, -0.1) is 0 Å². The second-order valence-corrected chi connectivity index (χ2v) is 7.96. The zero-order valence-electron chi connectivity index (χ0n) is 16.9. The van der Waals surface area contributed by atoms with Gasteiger partial charge in [-0.3, -0.25) is 19.3 Å². The summed E-state index contributed by atoms with van der Waals surface area (Å²) in [5.74, 6) is -1.89. The summed E-state index contributed by atoms with van der Waals surface area (Å²) in [5, 5.41) is 8.79. The Bertz CT molecular complexity index is 1120. The minimum Gasteiger partial charge on any atom is -0.487 e. The monoisotopic (exact) mass is 475 g/mol. The van der Waals surface area contributed by atoms with Crippen molar-refractivity contribution < 1.29 is 33.8 Å². The Kier molecular flexibility index (Phi) is 7.55.